The van der Waals surface area contributed by atoms with Crippen molar-refractivity contribution in [2.24, 2.45) is 5.92 Å². The first-order chi connectivity index (χ1) is 31.1. The zero-order chi connectivity index (χ0) is 45.9. The fourth-order valence-corrected chi connectivity index (χ4v) is 9.96. The van der Waals surface area contributed by atoms with Crippen molar-refractivity contribution in [3.63, 3.8) is 0 Å². The number of ether oxygens (including phenoxy) is 1. The molecule has 3 amide bonds. The lowest BCUT2D eigenvalue weighted by Gasteiger charge is -2.39. The molecule has 3 aromatic carbocycles. The Labute approximate surface area is 383 Å². The topological polar surface area (TPSA) is 180 Å². The van der Waals surface area contributed by atoms with Crippen LogP contribution in [0.15, 0.2) is 55.0 Å². The van der Waals surface area contributed by atoms with Crippen LogP contribution in [-0.2, 0) is 9.59 Å². The second-order valence-electron chi connectivity index (χ2n) is 17.4. The highest BCUT2D eigenvalue weighted by Gasteiger charge is 2.40. The Morgan fingerprint density at radius 2 is 1.29 bits per heavy atom. The molecule has 65 heavy (non-hydrogen) atoms. The number of Topliss-reactive ketones (excluding diaryl/α,β-unsaturated/α-hetero) is 1. The first-order valence-electron chi connectivity index (χ1n) is 21.9. The third-order valence-electron chi connectivity index (χ3n) is 13.1. The predicted molar refractivity (Wildman–Crippen MR) is 245 cm³/mol. The largest absolute Gasteiger partial charge is 0.573 e. The number of hydrogen-bond acceptors (Lipinski definition) is 9. The lowest BCUT2D eigenvalue weighted by Crippen LogP contribution is -2.52. The second-order valence-corrected chi connectivity index (χ2v) is 18.3. The number of aromatic amines is 3. The Balaban J connectivity index is 0.000000133. The highest BCUT2D eigenvalue weighted by atomic mass is 35.5. The highest BCUT2D eigenvalue weighted by molar-refractivity contribution is 6.32. The SMILES string of the molecule is CC(=O)CCC1CCN(c2cc(Cl)cc3[nH]ncc23)CC1.CC(=O)N1CCC(c2cc(OC(F)(F)F)cc3[nH]ncc23)CC1.O=C1NCC2(CCN(c3cc(Cl)cc4[nH]ncc34)CC2)N1. The number of nitrogens with one attached hydrogen (secondary N) is 5. The number of anilines is 2. The molecule has 346 valence electrons. The molecule has 3 aromatic heterocycles. The van der Waals surface area contributed by atoms with Gasteiger partial charge in [-0.15, -0.1) is 13.2 Å². The van der Waals surface area contributed by atoms with E-state index < -0.39 is 6.36 Å². The summed E-state index contributed by atoms with van der Waals surface area (Å²) in [5, 5.41) is 31.1. The number of likely N-dealkylation sites (tertiary alicyclic amines) is 1. The van der Waals surface area contributed by atoms with Crippen molar-refractivity contribution in [2.45, 2.75) is 83.0 Å². The molecule has 7 heterocycles. The summed E-state index contributed by atoms with van der Waals surface area (Å²) >= 11 is 12.4. The van der Waals surface area contributed by atoms with Gasteiger partial charge in [-0.3, -0.25) is 20.1 Å². The zero-order valence-electron chi connectivity index (χ0n) is 36.2. The molecule has 10 rings (SSSR count). The fraction of sp³-hybridized carbons (Fsp3) is 0.467. The first kappa shape index (κ1) is 45.8. The van der Waals surface area contributed by atoms with Gasteiger partial charge in [0.05, 0.1) is 40.7 Å². The number of fused-ring (bicyclic) bond motifs is 3. The third kappa shape index (κ3) is 11.0. The molecule has 20 heteroatoms. The number of ketones is 1. The van der Waals surface area contributed by atoms with Gasteiger partial charge in [-0.05, 0) is 99.6 Å². The van der Waals surface area contributed by atoms with Crippen LogP contribution in [0.2, 0.25) is 10.0 Å². The summed E-state index contributed by atoms with van der Waals surface area (Å²) in [6.45, 7) is 8.93. The van der Waals surface area contributed by atoms with Crippen molar-refractivity contribution < 1.29 is 32.3 Å². The number of nitrogens with zero attached hydrogens (tertiary/aromatic N) is 6. The number of urea groups is 1. The average Bonchev–Trinajstić information content (AvgIpc) is 4.11. The summed E-state index contributed by atoms with van der Waals surface area (Å²) in [5.41, 5.74) is 5.41. The van der Waals surface area contributed by atoms with Crippen LogP contribution in [0.3, 0.4) is 0 Å². The number of H-pyrrole nitrogens is 3. The van der Waals surface area contributed by atoms with Crippen molar-refractivity contribution in [3.8, 4) is 5.75 Å². The Hall–Kier alpha value is -5.75. The smallest absolute Gasteiger partial charge is 0.406 e. The maximum atomic E-state index is 12.5. The van der Waals surface area contributed by atoms with E-state index in [1.165, 1.54) is 19.1 Å². The summed E-state index contributed by atoms with van der Waals surface area (Å²) in [5.74, 6) is 0.809. The van der Waals surface area contributed by atoms with Gasteiger partial charge >= 0.3 is 12.4 Å². The van der Waals surface area contributed by atoms with Crippen LogP contribution >= 0.6 is 23.2 Å². The molecule has 0 saturated carbocycles. The number of amides is 3. The number of hydrogen-bond donors (Lipinski definition) is 5. The Kier molecular flexibility index (Phi) is 13.7. The molecule has 1 spiro atoms. The zero-order valence-corrected chi connectivity index (χ0v) is 37.7. The normalized spacial score (nSPS) is 18.0. The van der Waals surface area contributed by atoms with Gasteiger partial charge in [0, 0.05) is 103 Å². The standard InChI is InChI=1S/C16H20ClN3O.C15H16F3N3O2.C14H16ClN5O/c1-11(21)2-3-12-4-6-20(7-5-12)16-9-13(17)8-15-14(16)10-18-19-15;1-9(22)21-4-2-10(3-5-21)12-6-11(23-15(16,17)18)7-14-13(12)8-19-20-14;15-9-5-11-10(7-17-19-11)12(6-9)20-3-1-14(2-4-20)8-16-13(21)18-14/h8-10,12H,2-7H2,1H3,(H,18,19);6-8,10H,2-5H2,1H3,(H,19,20);5-7H,1-4,8H2,(H,17,19)(H2,16,18,21). The van der Waals surface area contributed by atoms with E-state index in [2.05, 4.69) is 55.8 Å². The highest BCUT2D eigenvalue weighted by Crippen LogP contribution is 2.38. The van der Waals surface area contributed by atoms with E-state index in [0.717, 1.165) is 114 Å². The molecule has 0 bridgehead atoms. The first-order valence-corrected chi connectivity index (χ1v) is 22.7. The number of halogens is 5. The van der Waals surface area contributed by atoms with Crippen molar-refractivity contribution in [2.75, 3.05) is 55.6 Å². The molecule has 0 aliphatic carbocycles. The molecule has 5 N–H and O–H groups in total. The lowest BCUT2D eigenvalue weighted by molar-refractivity contribution is -0.274. The minimum absolute atomic E-state index is 0.0195. The molecule has 6 aromatic rings. The summed E-state index contributed by atoms with van der Waals surface area (Å²) in [4.78, 5) is 40.3. The predicted octanol–water partition coefficient (Wildman–Crippen LogP) is 8.86. The van der Waals surface area contributed by atoms with Crippen LogP contribution < -0.4 is 25.2 Å². The average molecular weight is 939 g/mol. The summed E-state index contributed by atoms with van der Waals surface area (Å²) in [6, 6.07) is 10.5. The Bertz CT molecular complexity index is 2640. The number of carbonyl (C=O) groups excluding carboxylic acids is 3. The maximum absolute atomic E-state index is 12.5. The molecule has 4 fully saturated rings. The Morgan fingerprint density at radius 1 is 0.754 bits per heavy atom. The van der Waals surface area contributed by atoms with Crippen LogP contribution in [0.1, 0.15) is 76.7 Å². The maximum Gasteiger partial charge on any atom is 0.573 e. The van der Waals surface area contributed by atoms with Gasteiger partial charge in [0.15, 0.2) is 0 Å². The number of benzene rings is 3. The van der Waals surface area contributed by atoms with E-state index in [1.54, 1.807) is 18.0 Å². The minimum atomic E-state index is -4.73. The van der Waals surface area contributed by atoms with Gasteiger partial charge < -0.3 is 34.9 Å². The van der Waals surface area contributed by atoms with E-state index in [0.29, 0.717) is 54.6 Å². The number of carbonyl (C=O) groups is 3. The van der Waals surface area contributed by atoms with Gasteiger partial charge in [0.1, 0.15) is 11.5 Å². The summed E-state index contributed by atoms with van der Waals surface area (Å²) in [7, 11) is 0. The van der Waals surface area contributed by atoms with Gasteiger partial charge in [-0.1, -0.05) is 23.2 Å². The van der Waals surface area contributed by atoms with E-state index in [9.17, 15) is 27.6 Å². The van der Waals surface area contributed by atoms with Gasteiger partial charge in [-0.2, -0.15) is 15.3 Å². The number of rotatable bonds is 7. The summed E-state index contributed by atoms with van der Waals surface area (Å²) < 4.78 is 41.5. The van der Waals surface area contributed by atoms with E-state index in [-0.39, 0.29) is 29.1 Å². The molecule has 4 saturated heterocycles. The minimum Gasteiger partial charge on any atom is -0.406 e. The quantitative estimate of drug-likeness (QED) is 0.105. The van der Waals surface area contributed by atoms with Crippen LogP contribution in [-0.4, -0.2) is 111 Å². The summed E-state index contributed by atoms with van der Waals surface area (Å²) in [6.07, 6.45) is 7.86. The van der Waals surface area contributed by atoms with E-state index >= 15 is 0 Å². The van der Waals surface area contributed by atoms with Crippen LogP contribution in [0.5, 0.6) is 5.75 Å². The molecule has 4 aliphatic rings. The molecule has 0 radical (unpaired) electrons. The van der Waals surface area contributed by atoms with E-state index in [1.807, 2.05) is 36.7 Å². The number of piperidine rings is 3. The number of alkyl halides is 3. The Morgan fingerprint density at radius 3 is 1.80 bits per heavy atom. The molecule has 4 aliphatic heterocycles. The second kappa shape index (κ2) is 19.4. The van der Waals surface area contributed by atoms with Crippen molar-refractivity contribution in [3.05, 3.63) is 70.6 Å². The number of aromatic nitrogens is 6. The van der Waals surface area contributed by atoms with Gasteiger partial charge in [0.25, 0.3) is 0 Å². The van der Waals surface area contributed by atoms with E-state index in [4.69, 9.17) is 23.2 Å². The molecular weight excluding hydrogens is 886 g/mol. The molecule has 15 nitrogen and oxygen atoms in total. The van der Waals surface area contributed by atoms with Crippen LogP contribution in [0.25, 0.3) is 32.7 Å². The molecule has 0 atom stereocenters. The van der Waals surface area contributed by atoms with Gasteiger partial charge in [0.2, 0.25) is 5.91 Å². The van der Waals surface area contributed by atoms with Crippen LogP contribution in [0.4, 0.5) is 29.3 Å². The van der Waals surface area contributed by atoms with Gasteiger partial charge in [-0.25, -0.2) is 4.79 Å². The molecular formula is C45H52Cl2F3N11O4. The van der Waals surface area contributed by atoms with Crippen molar-refractivity contribution in [1.82, 2.24) is 46.1 Å². The third-order valence-corrected chi connectivity index (χ3v) is 13.5. The lowest BCUT2D eigenvalue weighted by atomic mass is 9.87. The van der Waals surface area contributed by atoms with Crippen LogP contribution in [0, 0.1) is 5.92 Å². The molecule has 0 unspecified atom stereocenters. The van der Waals surface area contributed by atoms with Crippen molar-refractivity contribution >= 4 is 85.0 Å². The van der Waals surface area contributed by atoms with Crippen molar-refractivity contribution in [1.29, 1.82) is 0 Å². The fourth-order valence-electron chi connectivity index (χ4n) is 9.53. The monoisotopic (exact) mass is 937 g/mol.